The molecular weight excluding hydrogens is 344 g/mol. The molecular formula is C21H16N2O4. The number of imide groups is 1. The van der Waals surface area contributed by atoms with Crippen LogP contribution in [0, 0.1) is 0 Å². The molecule has 134 valence electrons. The molecule has 0 unspecified atom stereocenters. The fourth-order valence-electron chi connectivity index (χ4n) is 3.31. The number of amides is 3. The lowest BCUT2D eigenvalue weighted by Gasteiger charge is -2.26. The van der Waals surface area contributed by atoms with Gasteiger partial charge in [-0.15, -0.1) is 0 Å². The highest BCUT2D eigenvalue weighted by molar-refractivity contribution is 6.26. The van der Waals surface area contributed by atoms with Gasteiger partial charge in [0.1, 0.15) is 12.3 Å². The van der Waals surface area contributed by atoms with E-state index in [1.165, 1.54) is 7.11 Å². The largest absolute Gasteiger partial charge is 0.495 e. The number of benzene rings is 3. The van der Waals surface area contributed by atoms with Crippen molar-refractivity contribution in [3.8, 4) is 5.75 Å². The van der Waals surface area contributed by atoms with Gasteiger partial charge in [0.15, 0.2) is 0 Å². The number of hydrogen-bond acceptors (Lipinski definition) is 4. The van der Waals surface area contributed by atoms with Crippen molar-refractivity contribution < 1.29 is 19.1 Å². The van der Waals surface area contributed by atoms with E-state index in [0.717, 1.165) is 10.3 Å². The second-order valence-electron chi connectivity index (χ2n) is 6.15. The minimum atomic E-state index is -0.479. The van der Waals surface area contributed by atoms with Gasteiger partial charge in [-0.3, -0.25) is 19.3 Å². The number of carbonyl (C=O) groups is 3. The van der Waals surface area contributed by atoms with E-state index in [-0.39, 0.29) is 6.54 Å². The van der Waals surface area contributed by atoms with E-state index in [1.54, 1.807) is 48.5 Å². The maximum absolute atomic E-state index is 12.8. The molecule has 3 amide bonds. The Kier molecular flexibility index (Phi) is 4.08. The van der Waals surface area contributed by atoms with E-state index in [1.807, 2.05) is 12.1 Å². The Morgan fingerprint density at radius 1 is 0.926 bits per heavy atom. The van der Waals surface area contributed by atoms with E-state index in [0.29, 0.717) is 28.0 Å². The Bertz CT molecular complexity index is 1040. The number of carbonyl (C=O) groups excluding carboxylic acids is 3. The predicted molar refractivity (Wildman–Crippen MR) is 101 cm³/mol. The van der Waals surface area contributed by atoms with E-state index in [2.05, 4.69) is 5.32 Å². The second kappa shape index (κ2) is 6.57. The van der Waals surface area contributed by atoms with Crippen LogP contribution in [0.3, 0.4) is 0 Å². The van der Waals surface area contributed by atoms with Gasteiger partial charge in [0.05, 0.1) is 12.8 Å². The van der Waals surface area contributed by atoms with Crippen molar-refractivity contribution in [3.05, 3.63) is 71.8 Å². The van der Waals surface area contributed by atoms with Gasteiger partial charge in [0.2, 0.25) is 5.91 Å². The third-order valence-electron chi connectivity index (χ3n) is 4.54. The monoisotopic (exact) mass is 360 g/mol. The average molecular weight is 360 g/mol. The quantitative estimate of drug-likeness (QED) is 0.726. The van der Waals surface area contributed by atoms with Gasteiger partial charge in [-0.1, -0.05) is 36.4 Å². The molecule has 3 aromatic carbocycles. The molecule has 6 nitrogen and oxygen atoms in total. The summed E-state index contributed by atoms with van der Waals surface area (Å²) in [6.45, 7) is -0.375. The summed E-state index contributed by atoms with van der Waals surface area (Å²) in [6, 6.07) is 17.5. The highest BCUT2D eigenvalue weighted by atomic mass is 16.5. The Hall–Kier alpha value is -3.67. The van der Waals surface area contributed by atoms with Crippen LogP contribution in [0.25, 0.3) is 10.8 Å². The first-order valence-corrected chi connectivity index (χ1v) is 8.41. The zero-order valence-corrected chi connectivity index (χ0v) is 14.6. The van der Waals surface area contributed by atoms with Gasteiger partial charge < -0.3 is 10.1 Å². The molecule has 0 saturated heterocycles. The van der Waals surface area contributed by atoms with Crippen molar-refractivity contribution in [2.75, 3.05) is 19.0 Å². The third-order valence-corrected chi connectivity index (χ3v) is 4.54. The zero-order valence-electron chi connectivity index (χ0n) is 14.6. The minimum absolute atomic E-state index is 0.375. The van der Waals surface area contributed by atoms with Gasteiger partial charge in [0.25, 0.3) is 11.8 Å². The summed E-state index contributed by atoms with van der Waals surface area (Å²) >= 11 is 0. The fraction of sp³-hybridized carbons (Fsp3) is 0.0952. The summed E-state index contributed by atoms with van der Waals surface area (Å²) in [5.74, 6) is -0.927. The van der Waals surface area contributed by atoms with Crippen LogP contribution in [0.4, 0.5) is 5.69 Å². The highest BCUT2D eigenvalue weighted by Gasteiger charge is 2.33. The van der Waals surface area contributed by atoms with Gasteiger partial charge >= 0.3 is 0 Å². The smallest absolute Gasteiger partial charge is 0.261 e. The first-order chi connectivity index (χ1) is 13.1. The number of anilines is 1. The number of methoxy groups -OCH3 is 1. The summed E-state index contributed by atoms with van der Waals surface area (Å²) in [5.41, 5.74) is 1.32. The number of para-hydroxylation sites is 2. The summed E-state index contributed by atoms with van der Waals surface area (Å²) < 4.78 is 5.20. The van der Waals surface area contributed by atoms with Crippen molar-refractivity contribution >= 4 is 34.2 Å². The van der Waals surface area contributed by atoms with Crippen molar-refractivity contribution in [2.45, 2.75) is 0 Å². The number of hydrogen-bond donors (Lipinski definition) is 1. The summed E-state index contributed by atoms with van der Waals surface area (Å²) in [6.07, 6.45) is 0. The number of nitrogens with one attached hydrogen (secondary N) is 1. The van der Waals surface area contributed by atoms with Crippen molar-refractivity contribution in [1.29, 1.82) is 0 Å². The van der Waals surface area contributed by atoms with Crippen molar-refractivity contribution in [2.24, 2.45) is 0 Å². The normalized spacial score (nSPS) is 13.0. The Morgan fingerprint density at radius 3 is 2.19 bits per heavy atom. The Balaban J connectivity index is 1.63. The van der Waals surface area contributed by atoms with E-state index >= 15 is 0 Å². The molecule has 4 rings (SSSR count). The standard InChI is InChI=1S/C21H16N2O4/c1-27-17-11-3-2-10-16(17)22-18(24)12-23-20(25)14-8-4-6-13-7-5-9-15(19(13)14)21(23)26/h2-11H,12H2,1H3,(H,22,24). The summed E-state index contributed by atoms with van der Waals surface area (Å²) in [7, 11) is 1.50. The molecule has 0 radical (unpaired) electrons. The number of rotatable bonds is 4. The number of nitrogens with zero attached hydrogens (tertiary/aromatic N) is 1. The topological polar surface area (TPSA) is 75.7 Å². The molecule has 0 fully saturated rings. The third kappa shape index (κ3) is 2.81. The van der Waals surface area contributed by atoms with Gasteiger partial charge in [-0.25, -0.2) is 0 Å². The van der Waals surface area contributed by atoms with E-state index < -0.39 is 17.7 Å². The van der Waals surface area contributed by atoms with Crippen LogP contribution in [-0.2, 0) is 4.79 Å². The van der Waals surface area contributed by atoms with Crippen LogP contribution >= 0.6 is 0 Å². The molecule has 0 aliphatic carbocycles. The summed E-state index contributed by atoms with van der Waals surface area (Å²) in [4.78, 5) is 39.1. The Morgan fingerprint density at radius 2 is 1.56 bits per heavy atom. The van der Waals surface area contributed by atoms with Gasteiger partial charge in [-0.05, 0) is 29.7 Å². The van der Waals surface area contributed by atoms with E-state index in [9.17, 15) is 14.4 Å². The molecule has 1 N–H and O–H groups in total. The first-order valence-electron chi connectivity index (χ1n) is 8.41. The Labute approximate surface area is 155 Å². The summed E-state index contributed by atoms with van der Waals surface area (Å²) in [5, 5.41) is 4.15. The SMILES string of the molecule is COc1ccccc1NC(=O)CN1C(=O)c2cccc3cccc(c23)C1=O. The zero-order chi connectivity index (χ0) is 19.0. The molecule has 1 aliphatic heterocycles. The van der Waals surface area contributed by atoms with Crippen molar-refractivity contribution in [1.82, 2.24) is 4.90 Å². The van der Waals surface area contributed by atoms with E-state index in [4.69, 9.17) is 4.74 Å². The molecule has 0 bridgehead atoms. The van der Waals surface area contributed by atoms with Crippen LogP contribution in [-0.4, -0.2) is 36.3 Å². The maximum atomic E-state index is 12.8. The molecule has 0 aromatic heterocycles. The predicted octanol–water partition coefficient (Wildman–Crippen LogP) is 3.08. The van der Waals surface area contributed by atoms with Crippen LogP contribution in [0.15, 0.2) is 60.7 Å². The van der Waals surface area contributed by atoms with Gasteiger partial charge in [0, 0.05) is 16.5 Å². The lowest BCUT2D eigenvalue weighted by Crippen LogP contribution is -2.44. The van der Waals surface area contributed by atoms with Crippen LogP contribution < -0.4 is 10.1 Å². The first kappa shape index (κ1) is 16.8. The molecule has 27 heavy (non-hydrogen) atoms. The maximum Gasteiger partial charge on any atom is 0.261 e. The molecule has 1 heterocycles. The van der Waals surface area contributed by atoms with Crippen LogP contribution in [0.2, 0.25) is 0 Å². The molecule has 0 spiro atoms. The molecule has 3 aromatic rings. The molecule has 0 atom stereocenters. The molecule has 1 aliphatic rings. The lowest BCUT2D eigenvalue weighted by molar-refractivity contribution is -0.116. The molecule has 0 saturated carbocycles. The van der Waals surface area contributed by atoms with Crippen LogP contribution in [0.1, 0.15) is 20.7 Å². The van der Waals surface area contributed by atoms with Crippen molar-refractivity contribution in [3.63, 3.8) is 0 Å². The molecule has 6 heteroatoms. The average Bonchev–Trinajstić information content (AvgIpc) is 2.69. The minimum Gasteiger partial charge on any atom is -0.495 e. The second-order valence-corrected chi connectivity index (χ2v) is 6.15. The van der Waals surface area contributed by atoms with Crippen LogP contribution in [0.5, 0.6) is 5.75 Å². The highest BCUT2D eigenvalue weighted by Crippen LogP contribution is 2.30. The lowest BCUT2D eigenvalue weighted by atomic mass is 9.94. The number of ether oxygens (including phenoxy) is 1. The van der Waals surface area contributed by atoms with Gasteiger partial charge in [-0.2, -0.15) is 0 Å². The fourth-order valence-corrected chi connectivity index (χ4v) is 3.31.